The third kappa shape index (κ3) is 1.86. The summed E-state index contributed by atoms with van der Waals surface area (Å²) in [4.78, 5) is 11.9. The summed E-state index contributed by atoms with van der Waals surface area (Å²) in [5, 5.41) is 4.78. The molecule has 2 heterocycles. The minimum atomic E-state index is -0.388. The number of halogens is 1. The zero-order valence-corrected chi connectivity index (χ0v) is 11.3. The first-order valence-electron chi connectivity index (χ1n) is 5.84. The first-order chi connectivity index (χ1) is 9.08. The fourth-order valence-electron chi connectivity index (χ4n) is 2.18. The van der Waals surface area contributed by atoms with Crippen LogP contribution >= 0.6 is 11.6 Å². The van der Waals surface area contributed by atoms with Crippen LogP contribution < -0.4 is 5.76 Å². The third-order valence-corrected chi connectivity index (χ3v) is 3.63. The molecular weight excluding hydrogens is 266 g/mol. The highest BCUT2D eigenvalue weighted by atomic mass is 35.5. The lowest BCUT2D eigenvalue weighted by atomic mass is 10.2. The predicted octanol–water partition coefficient (Wildman–Crippen LogP) is 2.34. The second-order valence-corrected chi connectivity index (χ2v) is 4.76. The van der Waals surface area contributed by atoms with Gasteiger partial charge in [0.05, 0.1) is 17.8 Å². The summed E-state index contributed by atoms with van der Waals surface area (Å²) < 4.78 is 8.35. The number of hydrogen-bond donors (Lipinski definition) is 0. The molecule has 0 saturated heterocycles. The maximum Gasteiger partial charge on any atom is 0.420 e. The Morgan fingerprint density at radius 2 is 2.11 bits per heavy atom. The largest absolute Gasteiger partial charge is 0.420 e. The van der Waals surface area contributed by atoms with Crippen LogP contribution in [0.15, 0.2) is 33.5 Å². The maximum absolute atomic E-state index is 11.9. The van der Waals surface area contributed by atoms with Crippen LogP contribution in [0.4, 0.5) is 0 Å². The summed E-state index contributed by atoms with van der Waals surface area (Å²) in [6.45, 7) is 2.23. The Kier molecular flexibility index (Phi) is 2.71. The van der Waals surface area contributed by atoms with Gasteiger partial charge in [0.1, 0.15) is 5.15 Å². The van der Waals surface area contributed by atoms with Crippen molar-refractivity contribution in [3.05, 3.63) is 51.2 Å². The Morgan fingerprint density at radius 1 is 1.37 bits per heavy atom. The van der Waals surface area contributed by atoms with Gasteiger partial charge in [-0.2, -0.15) is 5.10 Å². The molecule has 0 N–H and O–H groups in total. The highest BCUT2D eigenvalue weighted by molar-refractivity contribution is 6.30. The fourth-order valence-corrected chi connectivity index (χ4v) is 2.41. The molecule has 0 spiro atoms. The van der Waals surface area contributed by atoms with E-state index in [-0.39, 0.29) is 5.76 Å². The summed E-state index contributed by atoms with van der Waals surface area (Å²) in [6, 6.07) is 7.31. The highest BCUT2D eigenvalue weighted by Gasteiger charge is 2.15. The molecule has 0 aliphatic heterocycles. The van der Waals surface area contributed by atoms with Crippen LogP contribution in [0.1, 0.15) is 11.3 Å². The number of para-hydroxylation sites is 2. The number of benzene rings is 1. The monoisotopic (exact) mass is 277 g/mol. The quantitative estimate of drug-likeness (QED) is 0.722. The summed E-state index contributed by atoms with van der Waals surface area (Å²) in [5.74, 6) is -0.388. The summed E-state index contributed by atoms with van der Waals surface area (Å²) in [6.07, 6.45) is 0. The Labute approximate surface area is 114 Å². The Balaban J connectivity index is 2.16. The molecule has 2 aromatic heterocycles. The number of aromatic nitrogens is 3. The van der Waals surface area contributed by atoms with Gasteiger partial charge in [-0.15, -0.1) is 0 Å². The van der Waals surface area contributed by atoms with E-state index in [1.165, 1.54) is 0 Å². The van der Waals surface area contributed by atoms with Crippen molar-refractivity contribution >= 4 is 22.7 Å². The Bertz CT molecular complexity index is 813. The second-order valence-electron chi connectivity index (χ2n) is 4.40. The lowest BCUT2D eigenvalue weighted by Gasteiger charge is -2.02. The summed E-state index contributed by atoms with van der Waals surface area (Å²) in [5.41, 5.74) is 2.97. The molecule has 0 radical (unpaired) electrons. The van der Waals surface area contributed by atoms with Gasteiger partial charge in [-0.3, -0.25) is 9.25 Å². The van der Waals surface area contributed by atoms with Crippen molar-refractivity contribution in [2.24, 2.45) is 7.05 Å². The van der Waals surface area contributed by atoms with E-state index in [4.69, 9.17) is 16.0 Å². The summed E-state index contributed by atoms with van der Waals surface area (Å²) in [7, 11) is 1.77. The predicted molar refractivity (Wildman–Crippen MR) is 72.5 cm³/mol. The van der Waals surface area contributed by atoms with Crippen LogP contribution in [-0.2, 0) is 13.6 Å². The number of hydrogen-bond acceptors (Lipinski definition) is 3. The molecule has 0 bridgehead atoms. The molecule has 19 heavy (non-hydrogen) atoms. The average Bonchev–Trinajstić information content (AvgIpc) is 2.82. The molecule has 6 heteroatoms. The zero-order valence-electron chi connectivity index (χ0n) is 10.6. The fraction of sp³-hybridized carbons (Fsp3) is 0.231. The van der Waals surface area contributed by atoms with Crippen LogP contribution in [-0.4, -0.2) is 14.3 Å². The van der Waals surface area contributed by atoms with E-state index in [9.17, 15) is 4.79 Å². The van der Waals surface area contributed by atoms with Crippen LogP contribution in [0.2, 0.25) is 5.15 Å². The van der Waals surface area contributed by atoms with Gasteiger partial charge in [0.2, 0.25) is 0 Å². The first-order valence-corrected chi connectivity index (χ1v) is 6.22. The lowest BCUT2D eigenvalue weighted by Crippen LogP contribution is -2.15. The molecule has 3 aromatic rings. The summed E-state index contributed by atoms with van der Waals surface area (Å²) >= 11 is 6.19. The van der Waals surface area contributed by atoms with Gasteiger partial charge < -0.3 is 4.42 Å². The van der Waals surface area contributed by atoms with Crippen LogP contribution in [0.3, 0.4) is 0 Å². The van der Waals surface area contributed by atoms with Crippen LogP contribution in [0.25, 0.3) is 11.1 Å². The van der Waals surface area contributed by atoms with E-state index in [0.29, 0.717) is 17.3 Å². The molecule has 0 unspecified atom stereocenters. The van der Waals surface area contributed by atoms with Crippen LogP contribution in [0, 0.1) is 6.92 Å². The van der Waals surface area contributed by atoms with E-state index in [1.807, 2.05) is 25.1 Å². The minimum Gasteiger partial charge on any atom is -0.408 e. The second kappa shape index (κ2) is 4.28. The molecule has 0 aliphatic rings. The van der Waals surface area contributed by atoms with E-state index < -0.39 is 0 Å². The standard InChI is InChI=1S/C13H12ClN3O2/c1-8-9(12(14)16(2)15-8)7-17-10-5-3-4-6-11(10)19-13(17)18/h3-6H,7H2,1-2H3. The number of fused-ring (bicyclic) bond motifs is 1. The maximum atomic E-state index is 11.9. The lowest BCUT2D eigenvalue weighted by molar-refractivity contribution is 0.517. The Hall–Kier alpha value is -2.01. The van der Waals surface area contributed by atoms with E-state index in [1.54, 1.807) is 22.4 Å². The third-order valence-electron chi connectivity index (χ3n) is 3.16. The van der Waals surface area contributed by atoms with Gasteiger partial charge in [0.25, 0.3) is 0 Å². The molecule has 0 fully saturated rings. The van der Waals surface area contributed by atoms with Crippen molar-refractivity contribution in [2.45, 2.75) is 13.5 Å². The van der Waals surface area contributed by atoms with Crippen molar-refractivity contribution < 1.29 is 4.42 Å². The van der Waals surface area contributed by atoms with Gasteiger partial charge in [-0.05, 0) is 19.1 Å². The van der Waals surface area contributed by atoms with E-state index >= 15 is 0 Å². The molecule has 98 valence electrons. The first kappa shape index (κ1) is 12.0. The number of aryl methyl sites for hydroxylation is 2. The van der Waals surface area contributed by atoms with Gasteiger partial charge in [0.15, 0.2) is 5.58 Å². The van der Waals surface area contributed by atoms with Crippen molar-refractivity contribution in [3.63, 3.8) is 0 Å². The molecule has 0 atom stereocenters. The normalized spacial score (nSPS) is 11.3. The molecule has 0 aliphatic carbocycles. The van der Waals surface area contributed by atoms with Gasteiger partial charge in [-0.1, -0.05) is 23.7 Å². The van der Waals surface area contributed by atoms with Crippen molar-refractivity contribution in [1.82, 2.24) is 14.3 Å². The van der Waals surface area contributed by atoms with E-state index in [0.717, 1.165) is 16.8 Å². The number of oxazole rings is 1. The molecule has 0 saturated carbocycles. The minimum absolute atomic E-state index is 0.356. The van der Waals surface area contributed by atoms with Crippen LogP contribution in [0.5, 0.6) is 0 Å². The SMILES string of the molecule is Cc1nn(C)c(Cl)c1Cn1c(=O)oc2ccccc21. The average molecular weight is 278 g/mol. The molecular formula is C13H12ClN3O2. The Morgan fingerprint density at radius 3 is 2.79 bits per heavy atom. The van der Waals surface area contributed by atoms with E-state index in [2.05, 4.69) is 5.10 Å². The topological polar surface area (TPSA) is 53.0 Å². The molecule has 0 amide bonds. The van der Waals surface area contributed by atoms with Gasteiger partial charge >= 0.3 is 5.76 Å². The molecule has 1 aromatic carbocycles. The van der Waals surface area contributed by atoms with Crippen molar-refractivity contribution in [1.29, 1.82) is 0 Å². The van der Waals surface area contributed by atoms with Gasteiger partial charge in [-0.25, -0.2) is 4.79 Å². The smallest absolute Gasteiger partial charge is 0.408 e. The number of nitrogens with zero attached hydrogens (tertiary/aromatic N) is 3. The van der Waals surface area contributed by atoms with Gasteiger partial charge in [0, 0.05) is 12.6 Å². The molecule has 3 rings (SSSR count). The highest BCUT2D eigenvalue weighted by Crippen LogP contribution is 2.21. The zero-order chi connectivity index (χ0) is 13.6. The van der Waals surface area contributed by atoms with Crippen molar-refractivity contribution in [2.75, 3.05) is 0 Å². The van der Waals surface area contributed by atoms with Crippen molar-refractivity contribution in [3.8, 4) is 0 Å². The molecule has 5 nitrogen and oxygen atoms in total. The number of rotatable bonds is 2.